The van der Waals surface area contributed by atoms with Gasteiger partial charge in [0.15, 0.2) is 0 Å². The lowest BCUT2D eigenvalue weighted by Crippen LogP contribution is -2.16. The second kappa shape index (κ2) is 7.22. The second-order valence-corrected chi connectivity index (χ2v) is 4.64. The van der Waals surface area contributed by atoms with Gasteiger partial charge in [0.05, 0.1) is 13.0 Å². The molecule has 1 unspecified atom stereocenters. The van der Waals surface area contributed by atoms with Gasteiger partial charge in [-0.05, 0) is 28.9 Å². The third kappa shape index (κ3) is 4.97. The fourth-order valence-corrected chi connectivity index (χ4v) is 2.47. The van der Waals surface area contributed by atoms with E-state index in [1.807, 2.05) is 11.4 Å². The van der Waals surface area contributed by atoms with Crippen LogP contribution < -0.4 is 5.73 Å². The maximum absolute atomic E-state index is 11.1. The van der Waals surface area contributed by atoms with Crippen LogP contribution in [0.25, 0.3) is 0 Å². The lowest BCUT2D eigenvalue weighted by molar-refractivity contribution is -0.143. The molecule has 3 nitrogen and oxygen atoms in total. The van der Waals surface area contributed by atoms with Crippen molar-refractivity contribution in [1.82, 2.24) is 0 Å². The molecule has 0 spiro atoms. The van der Waals surface area contributed by atoms with Crippen molar-refractivity contribution < 1.29 is 9.53 Å². The number of nitrogens with two attached hydrogens (primary N) is 1. The van der Waals surface area contributed by atoms with E-state index in [1.165, 1.54) is 11.3 Å². The van der Waals surface area contributed by atoms with E-state index < -0.39 is 0 Å². The highest BCUT2D eigenvalue weighted by Gasteiger charge is 2.13. The van der Waals surface area contributed by atoms with Crippen LogP contribution in [0.2, 0.25) is 0 Å². The van der Waals surface area contributed by atoms with Crippen LogP contribution in [0, 0.1) is 0 Å². The first-order valence-electron chi connectivity index (χ1n) is 4.28. The van der Waals surface area contributed by atoms with Gasteiger partial charge in [-0.25, -0.2) is 0 Å². The minimum atomic E-state index is -0.259. The van der Waals surface area contributed by atoms with Crippen molar-refractivity contribution in [2.75, 3.05) is 6.61 Å². The molecule has 86 valence electrons. The number of hydrogen-bond donors (Lipinski definition) is 1. The fourth-order valence-electron chi connectivity index (χ4n) is 1.02. The summed E-state index contributed by atoms with van der Waals surface area (Å²) >= 11 is 4.87. The van der Waals surface area contributed by atoms with E-state index in [1.54, 1.807) is 6.92 Å². The van der Waals surface area contributed by atoms with Crippen molar-refractivity contribution in [2.45, 2.75) is 19.4 Å². The molecule has 0 aromatic carbocycles. The molecule has 0 fully saturated rings. The minimum absolute atomic E-state index is 0. The van der Waals surface area contributed by atoms with Crippen LogP contribution in [0.3, 0.4) is 0 Å². The van der Waals surface area contributed by atoms with E-state index >= 15 is 0 Å². The molecule has 1 atom stereocenters. The minimum Gasteiger partial charge on any atom is -0.466 e. The van der Waals surface area contributed by atoms with Crippen LogP contribution in [0.5, 0.6) is 0 Å². The highest BCUT2D eigenvalue weighted by molar-refractivity contribution is 9.10. The summed E-state index contributed by atoms with van der Waals surface area (Å²) in [4.78, 5) is 12.1. The quantitative estimate of drug-likeness (QED) is 0.869. The Hall–Kier alpha value is -0.100. The number of hydrogen-bond acceptors (Lipinski definition) is 4. The summed E-state index contributed by atoms with van der Waals surface area (Å²) in [5.74, 6) is -0.246. The average Bonchev–Trinajstić information content (AvgIpc) is 2.52. The fraction of sp³-hybridized carbons (Fsp3) is 0.444. The van der Waals surface area contributed by atoms with Crippen molar-refractivity contribution in [2.24, 2.45) is 5.73 Å². The SMILES string of the molecule is CCOC(=O)CC(N)c1cc(Br)cs1.Cl. The zero-order valence-electron chi connectivity index (χ0n) is 8.23. The zero-order chi connectivity index (χ0) is 10.6. The summed E-state index contributed by atoms with van der Waals surface area (Å²) in [5.41, 5.74) is 5.83. The average molecular weight is 315 g/mol. The van der Waals surface area contributed by atoms with Gasteiger partial charge in [-0.15, -0.1) is 23.7 Å². The van der Waals surface area contributed by atoms with Crippen LogP contribution >= 0.6 is 39.7 Å². The summed E-state index contributed by atoms with van der Waals surface area (Å²) in [6, 6.07) is 1.67. The number of carbonyl (C=O) groups is 1. The van der Waals surface area contributed by atoms with Crippen LogP contribution in [0.1, 0.15) is 24.3 Å². The number of carbonyl (C=O) groups excluding carboxylic acids is 1. The first kappa shape index (κ1) is 14.9. The number of esters is 1. The van der Waals surface area contributed by atoms with Gasteiger partial charge in [0.2, 0.25) is 0 Å². The van der Waals surface area contributed by atoms with Gasteiger partial charge in [0.1, 0.15) is 0 Å². The molecule has 6 heteroatoms. The lowest BCUT2D eigenvalue weighted by atomic mass is 10.2. The van der Waals surface area contributed by atoms with Crippen LogP contribution in [-0.2, 0) is 9.53 Å². The number of thiophene rings is 1. The van der Waals surface area contributed by atoms with Gasteiger partial charge in [0.25, 0.3) is 0 Å². The Kier molecular flexibility index (Phi) is 7.17. The first-order chi connectivity index (χ1) is 6.63. The van der Waals surface area contributed by atoms with Crippen LogP contribution in [0.15, 0.2) is 15.9 Å². The molecule has 0 saturated carbocycles. The third-order valence-electron chi connectivity index (χ3n) is 1.65. The van der Waals surface area contributed by atoms with Gasteiger partial charge in [-0.1, -0.05) is 0 Å². The summed E-state index contributed by atoms with van der Waals surface area (Å²) in [6.45, 7) is 2.19. The van der Waals surface area contributed by atoms with E-state index in [0.717, 1.165) is 9.35 Å². The molecule has 0 aliphatic heterocycles. The summed E-state index contributed by atoms with van der Waals surface area (Å²) in [5, 5.41) is 1.94. The van der Waals surface area contributed by atoms with Crippen LogP contribution in [-0.4, -0.2) is 12.6 Å². The number of ether oxygens (including phenoxy) is 1. The third-order valence-corrected chi connectivity index (χ3v) is 3.47. The van der Waals surface area contributed by atoms with Crippen LogP contribution in [0.4, 0.5) is 0 Å². The van der Waals surface area contributed by atoms with Crippen molar-refractivity contribution in [3.63, 3.8) is 0 Å². The smallest absolute Gasteiger partial charge is 0.307 e. The van der Waals surface area contributed by atoms with Gasteiger partial charge < -0.3 is 10.5 Å². The summed E-state index contributed by atoms with van der Waals surface area (Å²) < 4.78 is 5.81. The Morgan fingerprint density at radius 1 is 1.73 bits per heavy atom. The maximum atomic E-state index is 11.1. The van der Waals surface area contributed by atoms with Gasteiger partial charge in [0, 0.05) is 20.8 Å². The predicted octanol–water partition coefficient (Wildman–Crippen LogP) is 2.89. The first-order valence-corrected chi connectivity index (χ1v) is 5.96. The molecular formula is C9H13BrClNO2S. The monoisotopic (exact) mass is 313 g/mol. The highest BCUT2D eigenvalue weighted by Crippen LogP contribution is 2.26. The normalized spacial score (nSPS) is 11.7. The van der Waals surface area contributed by atoms with Crippen molar-refractivity contribution in [3.05, 3.63) is 20.8 Å². The van der Waals surface area contributed by atoms with Gasteiger partial charge in [-0.3, -0.25) is 4.79 Å². The Morgan fingerprint density at radius 2 is 2.40 bits per heavy atom. The van der Waals surface area contributed by atoms with E-state index in [-0.39, 0.29) is 30.8 Å². The molecule has 0 amide bonds. The Balaban J connectivity index is 0.00000196. The predicted molar refractivity (Wildman–Crippen MR) is 67.4 cm³/mol. The molecule has 1 aromatic heterocycles. The largest absolute Gasteiger partial charge is 0.466 e. The molecule has 0 saturated heterocycles. The van der Waals surface area contributed by atoms with E-state index in [2.05, 4.69) is 15.9 Å². The Morgan fingerprint density at radius 3 is 2.87 bits per heavy atom. The molecule has 0 aliphatic carbocycles. The number of rotatable bonds is 4. The van der Waals surface area contributed by atoms with Gasteiger partial charge >= 0.3 is 5.97 Å². The summed E-state index contributed by atoms with van der Waals surface area (Å²) in [6.07, 6.45) is 0.237. The standard InChI is InChI=1S/C9H12BrNO2S.ClH/c1-2-13-9(12)4-7(11)8-3-6(10)5-14-8;/h3,5,7H,2,4,11H2,1H3;1H. The Labute approximate surface area is 108 Å². The molecule has 0 radical (unpaired) electrons. The summed E-state index contributed by atoms with van der Waals surface area (Å²) in [7, 11) is 0. The van der Waals surface area contributed by atoms with Crippen molar-refractivity contribution in [3.8, 4) is 0 Å². The zero-order valence-corrected chi connectivity index (χ0v) is 11.5. The van der Waals surface area contributed by atoms with E-state index in [0.29, 0.717) is 6.61 Å². The molecule has 0 bridgehead atoms. The molecule has 0 aliphatic rings. The van der Waals surface area contributed by atoms with E-state index in [4.69, 9.17) is 10.5 Å². The second-order valence-electron chi connectivity index (χ2n) is 2.78. The highest BCUT2D eigenvalue weighted by atomic mass is 79.9. The Bertz CT molecular complexity index is 319. The molecule has 1 heterocycles. The lowest BCUT2D eigenvalue weighted by Gasteiger charge is -2.07. The molecular weight excluding hydrogens is 302 g/mol. The van der Waals surface area contributed by atoms with Gasteiger partial charge in [-0.2, -0.15) is 0 Å². The molecule has 15 heavy (non-hydrogen) atoms. The van der Waals surface area contributed by atoms with Crippen molar-refractivity contribution >= 4 is 45.6 Å². The maximum Gasteiger partial charge on any atom is 0.307 e. The van der Waals surface area contributed by atoms with E-state index in [9.17, 15) is 4.79 Å². The van der Waals surface area contributed by atoms with Crippen molar-refractivity contribution in [1.29, 1.82) is 0 Å². The molecule has 1 aromatic rings. The number of halogens is 2. The topological polar surface area (TPSA) is 52.3 Å². The molecule has 1 rings (SSSR count). The molecule has 2 N–H and O–H groups in total.